The van der Waals surface area contributed by atoms with E-state index in [0.717, 1.165) is 0 Å². The van der Waals surface area contributed by atoms with Gasteiger partial charge in [0.1, 0.15) is 0 Å². The molecule has 0 atom stereocenters. The number of aliphatic carboxylic acids is 2. The van der Waals surface area contributed by atoms with Crippen LogP contribution in [-0.4, -0.2) is 30.0 Å². The molecule has 0 saturated carbocycles. The molecule has 0 N–H and O–H groups in total. The summed E-state index contributed by atoms with van der Waals surface area (Å²) in [4.78, 5) is 20.4. The first-order chi connectivity index (χ1) is 8.74. The maximum atomic E-state index is 12.8. The average Bonchev–Trinajstić information content (AvgIpc) is 2.21. The summed E-state index contributed by atoms with van der Waals surface area (Å²) in [6, 6.07) is 0. The molecule has 0 spiro atoms. The van der Waals surface area contributed by atoms with Crippen molar-refractivity contribution in [3.8, 4) is 0 Å². The lowest BCUT2D eigenvalue weighted by Crippen LogP contribution is -2.52. The monoisotopic (exact) mass is 312 g/mol. The third-order valence-corrected chi connectivity index (χ3v) is 2.37. The second-order valence-electron chi connectivity index (χ2n) is 3.86. The number of alkyl halides is 7. The zero-order valence-corrected chi connectivity index (χ0v) is 9.48. The Morgan fingerprint density at radius 3 is 1.60 bits per heavy atom. The highest BCUT2D eigenvalue weighted by Crippen LogP contribution is 2.48. The number of carbonyl (C=O) groups excluding carboxylic acids is 2. The molecule has 4 nitrogen and oxygen atoms in total. The predicted molar refractivity (Wildman–Crippen MR) is 43.3 cm³/mol. The molecule has 0 aliphatic heterocycles. The molecule has 0 aliphatic rings. The Bertz CT molecular complexity index is 363. The van der Waals surface area contributed by atoms with Gasteiger partial charge in [0, 0.05) is 12.3 Å². The van der Waals surface area contributed by atoms with Gasteiger partial charge in [-0.05, 0) is 12.8 Å². The smallest absolute Gasteiger partial charge is 0.459 e. The zero-order chi connectivity index (χ0) is 16.4. The summed E-state index contributed by atoms with van der Waals surface area (Å²) < 4.78 is 85.5. The standard InChI is InChI=1S/C9H9F7O4/c10-7(11,8(12,13)9(14,15)16)3-1-2-4(5(17)18)6(19)20/h4H,1-3H2,(H,17,18)(H,19,20)/p-2. The van der Waals surface area contributed by atoms with Crippen molar-refractivity contribution < 1.29 is 50.5 Å². The normalized spacial score (nSPS) is 13.6. The summed E-state index contributed by atoms with van der Waals surface area (Å²) in [6.07, 6.45) is -10.9. The summed E-state index contributed by atoms with van der Waals surface area (Å²) in [6.45, 7) is 0. The van der Waals surface area contributed by atoms with Gasteiger partial charge in [-0.1, -0.05) is 0 Å². The fourth-order valence-corrected chi connectivity index (χ4v) is 1.22. The number of rotatable bonds is 7. The average molecular weight is 312 g/mol. The maximum Gasteiger partial charge on any atom is 0.459 e. The van der Waals surface area contributed by atoms with Crippen LogP contribution in [0.2, 0.25) is 0 Å². The van der Waals surface area contributed by atoms with Crippen LogP contribution in [0.3, 0.4) is 0 Å². The van der Waals surface area contributed by atoms with Crippen molar-refractivity contribution in [2.24, 2.45) is 5.92 Å². The van der Waals surface area contributed by atoms with E-state index in [-0.39, 0.29) is 0 Å². The molecule has 0 heterocycles. The minimum atomic E-state index is -6.49. The number of hydrogen-bond acceptors (Lipinski definition) is 4. The summed E-state index contributed by atoms with van der Waals surface area (Å²) in [7, 11) is 0. The minimum Gasteiger partial charge on any atom is -0.549 e. The summed E-state index contributed by atoms with van der Waals surface area (Å²) in [5, 5.41) is 20.4. The van der Waals surface area contributed by atoms with Crippen LogP contribution >= 0.6 is 0 Å². The molecule has 0 unspecified atom stereocenters. The maximum absolute atomic E-state index is 12.8. The van der Waals surface area contributed by atoms with E-state index in [1.54, 1.807) is 0 Å². The van der Waals surface area contributed by atoms with Crippen LogP contribution < -0.4 is 10.2 Å². The highest BCUT2D eigenvalue weighted by atomic mass is 19.4. The molecule has 0 saturated heterocycles. The molecule has 118 valence electrons. The van der Waals surface area contributed by atoms with E-state index in [4.69, 9.17) is 0 Å². The van der Waals surface area contributed by atoms with E-state index >= 15 is 0 Å². The Hall–Kier alpha value is -1.55. The topological polar surface area (TPSA) is 80.3 Å². The minimum absolute atomic E-state index is 1.12. The van der Waals surface area contributed by atoms with Crippen molar-refractivity contribution in [2.75, 3.05) is 0 Å². The first-order valence-corrected chi connectivity index (χ1v) is 4.98. The Morgan fingerprint density at radius 1 is 0.900 bits per heavy atom. The van der Waals surface area contributed by atoms with E-state index in [2.05, 4.69) is 0 Å². The number of hydrogen-bond donors (Lipinski definition) is 0. The lowest BCUT2D eigenvalue weighted by atomic mass is 9.98. The zero-order valence-electron chi connectivity index (χ0n) is 9.48. The number of halogens is 7. The van der Waals surface area contributed by atoms with E-state index in [1.165, 1.54) is 0 Å². The lowest BCUT2D eigenvalue weighted by Gasteiger charge is -2.28. The van der Waals surface area contributed by atoms with Gasteiger partial charge < -0.3 is 19.8 Å². The molecule has 0 fully saturated rings. The first kappa shape index (κ1) is 18.4. The van der Waals surface area contributed by atoms with Gasteiger partial charge in [0.2, 0.25) is 0 Å². The van der Waals surface area contributed by atoms with Gasteiger partial charge in [0.25, 0.3) is 0 Å². The van der Waals surface area contributed by atoms with Crippen molar-refractivity contribution in [3.05, 3.63) is 0 Å². The van der Waals surface area contributed by atoms with Gasteiger partial charge >= 0.3 is 18.0 Å². The van der Waals surface area contributed by atoms with Crippen molar-refractivity contribution in [1.82, 2.24) is 0 Å². The molecule has 0 aromatic carbocycles. The fraction of sp³-hybridized carbons (Fsp3) is 0.778. The van der Waals surface area contributed by atoms with Crippen LogP contribution in [0.5, 0.6) is 0 Å². The molecule has 0 radical (unpaired) electrons. The SMILES string of the molecule is O=C([O-])C(CCCC(F)(F)C(F)(F)C(F)(F)F)C(=O)[O-]. The highest BCUT2D eigenvalue weighted by Gasteiger charge is 2.72. The van der Waals surface area contributed by atoms with Gasteiger partial charge in [-0.3, -0.25) is 0 Å². The Labute approximate surface area is 107 Å². The van der Waals surface area contributed by atoms with E-state index in [0.29, 0.717) is 0 Å². The quantitative estimate of drug-likeness (QED) is 0.493. The van der Waals surface area contributed by atoms with Crippen molar-refractivity contribution in [2.45, 2.75) is 37.3 Å². The Kier molecular flexibility index (Phi) is 5.38. The first-order valence-electron chi connectivity index (χ1n) is 4.98. The van der Waals surface area contributed by atoms with Gasteiger partial charge in [-0.2, -0.15) is 30.7 Å². The summed E-state index contributed by atoms with van der Waals surface area (Å²) in [5.41, 5.74) is 0. The van der Waals surface area contributed by atoms with E-state index in [1.807, 2.05) is 0 Å². The number of carbonyl (C=O) groups is 2. The second kappa shape index (κ2) is 5.83. The molecular formula is C9H7F7O4-2. The van der Waals surface area contributed by atoms with Crippen molar-refractivity contribution >= 4 is 11.9 Å². The van der Waals surface area contributed by atoms with Crippen molar-refractivity contribution in [3.63, 3.8) is 0 Å². The third kappa shape index (κ3) is 3.97. The Morgan fingerprint density at radius 2 is 1.30 bits per heavy atom. The number of carboxylic acid groups (broad SMARTS) is 2. The van der Waals surface area contributed by atoms with Gasteiger partial charge in [0.15, 0.2) is 0 Å². The van der Waals surface area contributed by atoms with E-state index < -0.39 is 55.1 Å². The van der Waals surface area contributed by atoms with Crippen LogP contribution in [-0.2, 0) is 9.59 Å². The van der Waals surface area contributed by atoms with Crippen LogP contribution in [0, 0.1) is 5.92 Å². The molecule has 0 rings (SSSR count). The molecular weight excluding hydrogens is 305 g/mol. The summed E-state index contributed by atoms with van der Waals surface area (Å²) >= 11 is 0. The van der Waals surface area contributed by atoms with Crippen LogP contribution in [0.25, 0.3) is 0 Å². The molecule has 0 aromatic heterocycles. The lowest BCUT2D eigenvalue weighted by molar-refractivity contribution is -0.356. The van der Waals surface area contributed by atoms with Gasteiger partial charge in [0.05, 0.1) is 11.9 Å². The van der Waals surface area contributed by atoms with Gasteiger partial charge in [-0.25, -0.2) is 0 Å². The molecule has 11 heteroatoms. The van der Waals surface area contributed by atoms with Crippen LogP contribution in [0.1, 0.15) is 19.3 Å². The van der Waals surface area contributed by atoms with E-state index in [9.17, 15) is 50.5 Å². The molecule has 0 aliphatic carbocycles. The molecule has 0 aromatic rings. The molecule has 0 amide bonds. The van der Waals surface area contributed by atoms with Crippen molar-refractivity contribution in [1.29, 1.82) is 0 Å². The second-order valence-corrected chi connectivity index (χ2v) is 3.86. The fourth-order valence-electron chi connectivity index (χ4n) is 1.22. The summed E-state index contributed by atoms with van der Waals surface area (Å²) in [5.74, 6) is -18.6. The van der Waals surface area contributed by atoms with Crippen LogP contribution in [0.4, 0.5) is 30.7 Å². The van der Waals surface area contributed by atoms with Gasteiger partial charge in [-0.15, -0.1) is 0 Å². The predicted octanol–water partition coefficient (Wildman–Crippen LogP) is 0.106. The molecule has 0 bridgehead atoms. The number of carboxylic acids is 2. The third-order valence-electron chi connectivity index (χ3n) is 2.37. The molecule has 20 heavy (non-hydrogen) atoms. The highest BCUT2D eigenvalue weighted by molar-refractivity contribution is 5.90. The van der Waals surface area contributed by atoms with Crippen LogP contribution in [0.15, 0.2) is 0 Å². The Balaban J connectivity index is 4.73. The largest absolute Gasteiger partial charge is 0.549 e.